The van der Waals surface area contributed by atoms with Crippen molar-refractivity contribution >= 4 is 9.84 Å². The number of hydrogen-bond acceptors (Lipinski definition) is 3. The van der Waals surface area contributed by atoms with Crippen molar-refractivity contribution in [1.29, 1.82) is 0 Å². The second-order valence-electron chi connectivity index (χ2n) is 3.50. The molecule has 1 rings (SSSR count). The minimum absolute atomic E-state index is 0.125. The van der Waals surface area contributed by atoms with Crippen LogP contribution in [0.25, 0.3) is 0 Å². The van der Waals surface area contributed by atoms with Gasteiger partial charge in [0.25, 0.3) is 6.43 Å². The van der Waals surface area contributed by atoms with Crippen LogP contribution in [0.4, 0.5) is 8.78 Å². The Morgan fingerprint density at radius 1 is 1.54 bits per heavy atom. The lowest BCUT2D eigenvalue weighted by Gasteiger charge is -2.27. The summed E-state index contributed by atoms with van der Waals surface area (Å²) in [6, 6.07) is 0. The zero-order valence-corrected chi connectivity index (χ0v) is 8.02. The highest BCUT2D eigenvalue weighted by Gasteiger charge is 2.53. The van der Waals surface area contributed by atoms with Crippen LogP contribution in [0.2, 0.25) is 0 Å². The van der Waals surface area contributed by atoms with Gasteiger partial charge < -0.3 is 5.11 Å². The van der Waals surface area contributed by atoms with E-state index in [-0.39, 0.29) is 12.8 Å². The molecular formula is C7H12F2O3S. The molecule has 1 aliphatic rings. The average Bonchev–Trinajstić information content (AvgIpc) is 2.31. The molecule has 13 heavy (non-hydrogen) atoms. The second-order valence-corrected chi connectivity index (χ2v) is 5.73. The van der Waals surface area contributed by atoms with Crippen LogP contribution < -0.4 is 0 Å². The Kier molecular flexibility index (Phi) is 2.64. The van der Waals surface area contributed by atoms with Gasteiger partial charge in [0, 0.05) is 6.26 Å². The van der Waals surface area contributed by atoms with Crippen LogP contribution in [-0.4, -0.2) is 37.1 Å². The molecule has 1 N–H and O–H groups in total. The molecule has 0 saturated heterocycles. The molecular weight excluding hydrogens is 202 g/mol. The van der Waals surface area contributed by atoms with E-state index in [1.807, 2.05) is 0 Å². The lowest BCUT2D eigenvalue weighted by atomic mass is 10.0. The summed E-state index contributed by atoms with van der Waals surface area (Å²) in [5, 5.41) is 8.13. The summed E-state index contributed by atoms with van der Waals surface area (Å²) in [6.45, 7) is 0. The van der Waals surface area contributed by atoms with Gasteiger partial charge in [-0.05, 0) is 19.3 Å². The molecule has 2 unspecified atom stereocenters. The Balaban J connectivity index is 3.00. The third-order valence-corrected chi connectivity index (χ3v) is 4.17. The maximum atomic E-state index is 12.4. The van der Waals surface area contributed by atoms with Crippen LogP contribution >= 0.6 is 0 Å². The van der Waals surface area contributed by atoms with Gasteiger partial charge in [-0.1, -0.05) is 0 Å². The first kappa shape index (κ1) is 10.8. The third kappa shape index (κ3) is 1.83. The molecule has 0 bridgehead atoms. The average molecular weight is 214 g/mol. The van der Waals surface area contributed by atoms with Crippen molar-refractivity contribution in [3.63, 3.8) is 0 Å². The highest BCUT2D eigenvalue weighted by molar-refractivity contribution is 7.91. The zero-order valence-electron chi connectivity index (χ0n) is 7.20. The number of aliphatic hydroxyl groups is 1. The lowest BCUT2D eigenvalue weighted by Crippen LogP contribution is -2.48. The molecule has 0 aromatic carbocycles. The molecule has 1 saturated carbocycles. The van der Waals surface area contributed by atoms with Gasteiger partial charge in [-0.2, -0.15) is 0 Å². The van der Waals surface area contributed by atoms with Gasteiger partial charge in [0.1, 0.15) is 5.60 Å². The fourth-order valence-electron chi connectivity index (χ4n) is 1.82. The second kappa shape index (κ2) is 3.16. The fourth-order valence-corrected chi connectivity index (χ4v) is 3.37. The fraction of sp³-hybridized carbons (Fsp3) is 1.00. The standard InChI is InChI=1S/C7H12F2O3S/c1-13(11,12)5-3-2-4-7(5,10)6(8)9/h5-6,10H,2-4H2,1H3. The van der Waals surface area contributed by atoms with Crippen LogP contribution in [0.15, 0.2) is 0 Å². The molecule has 6 heteroatoms. The normalized spacial score (nSPS) is 35.6. The zero-order chi connectivity index (χ0) is 10.3. The van der Waals surface area contributed by atoms with Gasteiger partial charge in [-0.15, -0.1) is 0 Å². The van der Waals surface area contributed by atoms with E-state index >= 15 is 0 Å². The molecule has 78 valence electrons. The third-order valence-electron chi connectivity index (χ3n) is 2.50. The lowest BCUT2D eigenvalue weighted by molar-refractivity contribution is -0.0879. The van der Waals surface area contributed by atoms with Gasteiger partial charge in [-0.3, -0.25) is 0 Å². The van der Waals surface area contributed by atoms with Crippen molar-refractivity contribution in [1.82, 2.24) is 0 Å². The van der Waals surface area contributed by atoms with Crippen molar-refractivity contribution in [2.24, 2.45) is 0 Å². The van der Waals surface area contributed by atoms with Gasteiger partial charge in [0.05, 0.1) is 5.25 Å². The molecule has 0 amide bonds. The summed E-state index contributed by atoms with van der Waals surface area (Å²) in [7, 11) is -3.59. The highest BCUT2D eigenvalue weighted by atomic mass is 32.2. The molecule has 1 fully saturated rings. The quantitative estimate of drug-likeness (QED) is 0.731. The largest absolute Gasteiger partial charge is 0.383 e. The Morgan fingerprint density at radius 3 is 2.38 bits per heavy atom. The first-order valence-corrected chi connectivity index (χ1v) is 5.93. The van der Waals surface area contributed by atoms with Crippen LogP contribution in [0.1, 0.15) is 19.3 Å². The number of alkyl halides is 2. The molecule has 0 heterocycles. The minimum Gasteiger partial charge on any atom is -0.383 e. The van der Waals surface area contributed by atoms with E-state index in [9.17, 15) is 22.3 Å². The van der Waals surface area contributed by atoms with E-state index in [1.54, 1.807) is 0 Å². The number of halogens is 2. The summed E-state index contributed by atoms with van der Waals surface area (Å²) in [5.41, 5.74) is -2.33. The predicted molar refractivity (Wildman–Crippen MR) is 43.4 cm³/mol. The van der Waals surface area contributed by atoms with E-state index in [4.69, 9.17) is 0 Å². The van der Waals surface area contributed by atoms with E-state index in [0.29, 0.717) is 6.42 Å². The Bertz CT molecular complexity index is 288. The summed E-state index contributed by atoms with van der Waals surface area (Å²) in [5.74, 6) is 0. The van der Waals surface area contributed by atoms with Crippen molar-refractivity contribution in [2.75, 3.05) is 6.26 Å². The first-order chi connectivity index (χ1) is 5.78. The van der Waals surface area contributed by atoms with Crippen molar-refractivity contribution in [2.45, 2.75) is 36.5 Å². The number of sulfone groups is 1. The van der Waals surface area contributed by atoms with E-state index in [1.165, 1.54) is 0 Å². The number of hydrogen-bond donors (Lipinski definition) is 1. The minimum atomic E-state index is -3.59. The van der Waals surface area contributed by atoms with Crippen LogP contribution in [0.3, 0.4) is 0 Å². The summed E-state index contributed by atoms with van der Waals surface area (Å²) in [4.78, 5) is 0. The van der Waals surface area contributed by atoms with Gasteiger partial charge in [0.15, 0.2) is 9.84 Å². The molecule has 0 spiro atoms. The van der Waals surface area contributed by atoms with Crippen molar-refractivity contribution in [3.05, 3.63) is 0 Å². The Morgan fingerprint density at radius 2 is 2.08 bits per heavy atom. The van der Waals surface area contributed by atoms with Gasteiger partial charge in [0.2, 0.25) is 0 Å². The number of rotatable bonds is 2. The molecule has 0 aliphatic heterocycles. The molecule has 2 atom stereocenters. The van der Waals surface area contributed by atoms with Crippen LogP contribution in [0.5, 0.6) is 0 Å². The maximum Gasteiger partial charge on any atom is 0.268 e. The maximum absolute atomic E-state index is 12.4. The first-order valence-electron chi connectivity index (χ1n) is 3.98. The molecule has 0 aromatic heterocycles. The highest BCUT2D eigenvalue weighted by Crippen LogP contribution is 2.38. The van der Waals surface area contributed by atoms with Gasteiger partial charge in [-0.25, -0.2) is 17.2 Å². The smallest absolute Gasteiger partial charge is 0.268 e. The summed E-state index contributed by atoms with van der Waals surface area (Å²) < 4.78 is 46.9. The topological polar surface area (TPSA) is 54.4 Å². The predicted octanol–water partition coefficient (Wildman–Crippen LogP) is 0.580. The van der Waals surface area contributed by atoms with Gasteiger partial charge >= 0.3 is 0 Å². The Hall–Kier alpha value is -0.230. The van der Waals surface area contributed by atoms with E-state index < -0.39 is 27.1 Å². The molecule has 1 aliphatic carbocycles. The molecule has 3 nitrogen and oxygen atoms in total. The van der Waals surface area contributed by atoms with Crippen molar-refractivity contribution in [3.8, 4) is 0 Å². The Labute approximate surface area is 75.7 Å². The van der Waals surface area contributed by atoms with Crippen LogP contribution in [0, 0.1) is 0 Å². The van der Waals surface area contributed by atoms with Crippen molar-refractivity contribution < 1.29 is 22.3 Å². The monoisotopic (exact) mass is 214 g/mol. The SMILES string of the molecule is CS(=O)(=O)C1CCCC1(O)C(F)F. The summed E-state index contributed by atoms with van der Waals surface area (Å²) >= 11 is 0. The molecule has 0 aromatic rings. The molecule has 0 radical (unpaired) electrons. The van der Waals surface area contributed by atoms with E-state index in [0.717, 1.165) is 6.26 Å². The van der Waals surface area contributed by atoms with Crippen LogP contribution in [-0.2, 0) is 9.84 Å². The summed E-state index contributed by atoms with van der Waals surface area (Å²) in [6.07, 6.45) is -1.79. The van der Waals surface area contributed by atoms with E-state index in [2.05, 4.69) is 0 Å².